The summed E-state index contributed by atoms with van der Waals surface area (Å²) in [6, 6.07) is 17.1. The Bertz CT molecular complexity index is 791. The minimum absolute atomic E-state index is 0.529. The summed E-state index contributed by atoms with van der Waals surface area (Å²) in [5.74, 6) is 2.08. The lowest BCUT2D eigenvalue weighted by molar-refractivity contribution is 0.415. The topological polar surface area (TPSA) is 59.1 Å². The van der Waals surface area contributed by atoms with Crippen LogP contribution in [-0.4, -0.2) is 17.1 Å². The standard InChI is InChI=1S/C18H17ClN4O/c1-24-16-8-6-15(7-9-16)22-18-20-11-10-17(23-18)21-12-13-2-4-14(19)5-3-13/h2-11H,12H2,1H3,(H2,20,21,22,23). The number of aromatic nitrogens is 2. The summed E-state index contributed by atoms with van der Waals surface area (Å²) in [4.78, 5) is 8.69. The van der Waals surface area contributed by atoms with Crippen LogP contribution in [0.4, 0.5) is 17.5 Å². The lowest BCUT2D eigenvalue weighted by Gasteiger charge is -2.09. The van der Waals surface area contributed by atoms with Crippen molar-refractivity contribution in [3.63, 3.8) is 0 Å². The quantitative estimate of drug-likeness (QED) is 0.692. The fourth-order valence-corrected chi connectivity index (χ4v) is 2.24. The average molecular weight is 341 g/mol. The molecule has 1 heterocycles. The summed E-state index contributed by atoms with van der Waals surface area (Å²) in [6.07, 6.45) is 1.71. The summed E-state index contributed by atoms with van der Waals surface area (Å²) < 4.78 is 5.14. The first-order valence-electron chi connectivity index (χ1n) is 7.45. The molecule has 2 aromatic carbocycles. The van der Waals surface area contributed by atoms with E-state index in [4.69, 9.17) is 16.3 Å². The fourth-order valence-electron chi connectivity index (χ4n) is 2.12. The number of benzene rings is 2. The van der Waals surface area contributed by atoms with Gasteiger partial charge in [0.1, 0.15) is 11.6 Å². The number of methoxy groups -OCH3 is 1. The van der Waals surface area contributed by atoms with Gasteiger partial charge in [0.2, 0.25) is 5.95 Å². The van der Waals surface area contributed by atoms with Gasteiger partial charge in [-0.3, -0.25) is 0 Å². The molecule has 0 aliphatic carbocycles. The summed E-state index contributed by atoms with van der Waals surface area (Å²) >= 11 is 5.89. The maximum Gasteiger partial charge on any atom is 0.229 e. The maximum absolute atomic E-state index is 5.89. The molecule has 2 N–H and O–H groups in total. The van der Waals surface area contributed by atoms with Gasteiger partial charge in [-0.15, -0.1) is 0 Å². The number of hydrogen-bond donors (Lipinski definition) is 2. The highest BCUT2D eigenvalue weighted by molar-refractivity contribution is 6.30. The Morgan fingerprint density at radius 2 is 1.75 bits per heavy atom. The molecule has 0 unspecified atom stereocenters. The highest BCUT2D eigenvalue weighted by Crippen LogP contribution is 2.18. The Morgan fingerprint density at radius 3 is 2.46 bits per heavy atom. The molecule has 122 valence electrons. The van der Waals surface area contributed by atoms with Crippen molar-refractivity contribution < 1.29 is 4.74 Å². The third kappa shape index (κ3) is 4.36. The Kier molecular flexibility index (Phi) is 5.13. The van der Waals surface area contributed by atoms with Crippen LogP contribution < -0.4 is 15.4 Å². The number of ether oxygens (including phenoxy) is 1. The van der Waals surface area contributed by atoms with Gasteiger partial charge in [-0.05, 0) is 48.0 Å². The molecule has 0 amide bonds. The molecule has 0 atom stereocenters. The van der Waals surface area contributed by atoms with Crippen molar-refractivity contribution in [2.75, 3.05) is 17.7 Å². The minimum Gasteiger partial charge on any atom is -0.497 e. The molecule has 0 aliphatic rings. The molecule has 0 fully saturated rings. The van der Waals surface area contributed by atoms with Crippen molar-refractivity contribution in [3.8, 4) is 5.75 Å². The van der Waals surface area contributed by atoms with E-state index in [2.05, 4.69) is 20.6 Å². The van der Waals surface area contributed by atoms with Crippen LogP contribution in [0.2, 0.25) is 5.02 Å². The molecule has 0 spiro atoms. The predicted molar refractivity (Wildman–Crippen MR) is 97.1 cm³/mol. The van der Waals surface area contributed by atoms with Crippen LogP contribution in [0.15, 0.2) is 60.8 Å². The van der Waals surface area contributed by atoms with E-state index >= 15 is 0 Å². The van der Waals surface area contributed by atoms with Crippen molar-refractivity contribution in [1.29, 1.82) is 0 Å². The van der Waals surface area contributed by atoms with Crippen LogP contribution in [0.5, 0.6) is 5.75 Å². The van der Waals surface area contributed by atoms with Crippen molar-refractivity contribution in [2.45, 2.75) is 6.54 Å². The summed E-state index contributed by atoms with van der Waals surface area (Å²) in [7, 11) is 1.64. The van der Waals surface area contributed by atoms with Crippen LogP contribution in [0.1, 0.15) is 5.56 Å². The van der Waals surface area contributed by atoms with E-state index in [9.17, 15) is 0 Å². The Balaban J connectivity index is 1.63. The molecule has 5 nitrogen and oxygen atoms in total. The molecule has 1 aromatic heterocycles. The zero-order chi connectivity index (χ0) is 16.8. The van der Waals surface area contributed by atoms with E-state index in [1.165, 1.54) is 0 Å². The Morgan fingerprint density at radius 1 is 1.00 bits per heavy atom. The third-order valence-corrected chi connectivity index (χ3v) is 3.64. The molecule has 3 aromatic rings. The summed E-state index contributed by atoms with van der Waals surface area (Å²) in [5, 5.41) is 7.17. The van der Waals surface area contributed by atoms with Crippen LogP contribution >= 0.6 is 11.6 Å². The molecule has 0 saturated heterocycles. The van der Waals surface area contributed by atoms with Crippen molar-refractivity contribution in [3.05, 3.63) is 71.4 Å². The van der Waals surface area contributed by atoms with Crippen molar-refractivity contribution in [1.82, 2.24) is 9.97 Å². The number of rotatable bonds is 6. The van der Waals surface area contributed by atoms with Gasteiger partial charge in [-0.1, -0.05) is 23.7 Å². The van der Waals surface area contributed by atoms with Gasteiger partial charge in [0.05, 0.1) is 7.11 Å². The lowest BCUT2D eigenvalue weighted by atomic mass is 10.2. The summed E-state index contributed by atoms with van der Waals surface area (Å²) in [5.41, 5.74) is 2.02. The van der Waals surface area contributed by atoms with E-state index in [1.807, 2.05) is 54.6 Å². The second-order valence-electron chi connectivity index (χ2n) is 5.10. The van der Waals surface area contributed by atoms with Crippen LogP contribution in [-0.2, 0) is 6.54 Å². The molecule has 0 saturated carbocycles. The van der Waals surface area contributed by atoms with Gasteiger partial charge in [0.25, 0.3) is 0 Å². The van der Waals surface area contributed by atoms with Gasteiger partial charge < -0.3 is 15.4 Å². The Hall–Kier alpha value is -2.79. The molecular formula is C18H17ClN4O. The third-order valence-electron chi connectivity index (χ3n) is 3.39. The first kappa shape index (κ1) is 16.1. The van der Waals surface area contributed by atoms with Crippen LogP contribution in [0.25, 0.3) is 0 Å². The first-order chi connectivity index (χ1) is 11.7. The van der Waals surface area contributed by atoms with Gasteiger partial charge in [0.15, 0.2) is 0 Å². The predicted octanol–water partition coefficient (Wildman–Crippen LogP) is 4.49. The summed E-state index contributed by atoms with van der Waals surface area (Å²) in [6.45, 7) is 0.663. The van der Waals surface area contributed by atoms with E-state index in [-0.39, 0.29) is 0 Å². The molecular weight excluding hydrogens is 324 g/mol. The second kappa shape index (κ2) is 7.66. The van der Waals surface area contributed by atoms with E-state index in [0.29, 0.717) is 12.5 Å². The average Bonchev–Trinajstić information content (AvgIpc) is 2.62. The second-order valence-corrected chi connectivity index (χ2v) is 5.54. The molecule has 0 aliphatic heterocycles. The number of hydrogen-bond acceptors (Lipinski definition) is 5. The monoisotopic (exact) mass is 340 g/mol. The molecule has 3 rings (SSSR count). The van der Waals surface area contributed by atoms with E-state index < -0.39 is 0 Å². The molecule has 0 bridgehead atoms. The van der Waals surface area contributed by atoms with E-state index in [1.54, 1.807) is 13.3 Å². The van der Waals surface area contributed by atoms with Crippen molar-refractivity contribution in [2.24, 2.45) is 0 Å². The van der Waals surface area contributed by atoms with Gasteiger partial charge >= 0.3 is 0 Å². The highest BCUT2D eigenvalue weighted by atomic mass is 35.5. The smallest absolute Gasteiger partial charge is 0.229 e. The highest BCUT2D eigenvalue weighted by Gasteiger charge is 2.01. The normalized spacial score (nSPS) is 10.2. The largest absolute Gasteiger partial charge is 0.497 e. The van der Waals surface area contributed by atoms with Crippen LogP contribution in [0.3, 0.4) is 0 Å². The number of nitrogens with zero attached hydrogens (tertiary/aromatic N) is 2. The fraction of sp³-hybridized carbons (Fsp3) is 0.111. The number of anilines is 3. The number of nitrogens with one attached hydrogen (secondary N) is 2. The van der Waals surface area contributed by atoms with Crippen molar-refractivity contribution >= 4 is 29.1 Å². The van der Waals surface area contributed by atoms with Gasteiger partial charge in [-0.2, -0.15) is 4.98 Å². The Labute approximate surface area is 145 Å². The molecule has 6 heteroatoms. The van der Waals surface area contributed by atoms with Gasteiger partial charge in [0, 0.05) is 23.5 Å². The first-order valence-corrected chi connectivity index (χ1v) is 7.83. The zero-order valence-electron chi connectivity index (χ0n) is 13.2. The maximum atomic E-state index is 5.89. The zero-order valence-corrected chi connectivity index (χ0v) is 13.9. The SMILES string of the molecule is COc1ccc(Nc2nccc(NCc3ccc(Cl)cc3)n2)cc1. The van der Waals surface area contributed by atoms with Crippen LogP contribution in [0, 0.1) is 0 Å². The lowest BCUT2D eigenvalue weighted by Crippen LogP contribution is -2.04. The van der Waals surface area contributed by atoms with E-state index in [0.717, 1.165) is 27.8 Å². The minimum atomic E-state index is 0.529. The molecule has 24 heavy (non-hydrogen) atoms. The molecule has 0 radical (unpaired) electrons. The van der Waals surface area contributed by atoms with Gasteiger partial charge in [-0.25, -0.2) is 4.98 Å². The number of halogens is 1.